The molecule has 2 aliphatic rings. The lowest BCUT2D eigenvalue weighted by Gasteiger charge is -2.19. The number of hydrogen-bond donors (Lipinski definition) is 1. The third kappa shape index (κ3) is 2.72. The van der Waals surface area contributed by atoms with E-state index in [1.807, 2.05) is 18.2 Å². The van der Waals surface area contributed by atoms with Crippen LogP contribution < -0.4 is 10.2 Å². The highest BCUT2D eigenvalue weighted by Gasteiger charge is 2.29. The molecule has 0 unspecified atom stereocenters. The molecule has 118 valence electrons. The average molecular weight is 311 g/mol. The molecule has 1 aromatic carbocycles. The fourth-order valence-corrected chi connectivity index (χ4v) is 2.86. The first-order valence-electron chi connectivity index (χ1n) is 7.90. The van der Waals surface area contributed by atoms with Gasteiger partial charge in [-0.25, -0.2) is 0 Å². The van der Waals surface area contributed by atoms with Gasteiger partial charge in [-0.2, -0.15) is 0 Å². The van der Waals surface area contributed by atoms with Crippen molar-refractivity contribution in [1.82, 2.24) is 5.16 Å². The average Bonchev–Trinajstić information content (AvgIpc) is 3.13. The topological polar surface area (TPSA) is 75.4 Å². The van der Waals surface area contributed by atoms with Crippen molar-refractivity contribution in [3.8, 4) is 0 Å². The zero-order chi connectivity index (χ0) is 15.8. The van der Waals surface area contributed by atoms with Gasteiger partial charge < -0.3 is 14.7 Å². The molecule has 1 aliphatic heterocycles. The van der Waals surface area contributed by atoms with Crippen LogP contribution in [0.3, 0.4) is 0 Å². The van der Waals surface area contributed by atoms with E-state index in [4.69, 9.17) is 4.52 Å². The van der Waals surface area contributed by atoms with Crippen molar-refractivity contribution >= 4 is 23.2 Å². The van der Waals surface area contributed by atoms with Crippen LogP contribution in [-0.4, -0.2) is 23.5 Å². The fraction of sp³-hybridized carbons (Fsp3) is 0.353. The van der Waals surface area contributed by atoms with E-state index in [1.165, 1.54) is 0 Å². The van der Waals surface area contributed by atoms with Crippen LogP contribution >= 0.6 is 0 Å². The molecule has 2 aromatic rings. The Balaban J connectivity index is 1.55. The number of carbonyl (C=O) groups is 2. The van der Waals surface area contributed by atoms with E-state index in [0.29, 0.717) is 24.6 Å². The molecular formula is C17H17N3O3. The number of amides is 2. The van der Waals surface area contributed by atoms with Gasteiger partial charge in [0.15, 0.2) is 5.69 Å². The summed E-state index contributed by atoms with van der Waals surface area (Å²) in [6.07, 6.45) is 3.58. The molecule has 0 atom stereocenters. The number of para-hydroxylation sites is 2. The molecule has 2 fully saturated rings. The zero-order valence-corrected chi connectivity index (χ0v) is 12.6. The van der Waals surface area contributed by atoms with Crippen LogP contribution in [0, 0.1) is 0 Å². The normalized spacial score (nSPS) is 17.6. The van der Waals surface area contributed by atoms with Crippen LogP contribution in [0.1, 0.15) is 47.8 Å². The molecule has 0 bridgehead atoms. The van der Waals surface area contributed by atoms with Crippen molar-refractivity contribution in [3.63, 3.8) is 0 Å². The maximum absolute atomic E-state index is 12.4. The monoisotopic (exact) mass is 311 g/mol. The lowest BCUT2D eigenvalue weighted by molar-refractivity contribution is -0.117. The van der Waals surface area contributed by atoms with Crippen LogP contribution in [-0.2, 0) is 4.79 Å². The van der Waals surface area contributed by atoms with E-state index in [2.05, 4.69) is 10.5 Å². The highest BCUT2D eigenvalue weighted by atomic mass is 16.5. The zero-order valence-electron chi connectivity index (χ0n) is 12.6. The maximum Gasteiger partial charge on any atom is 0.277 e. The molecule has 1 aliphatic carbocycles. The van der Waals surface area contributed by atoms with Gasteiger partial charge in [0.25, 0.3) is 5.91 Å². The standard InChI is InChI=1S/C17H17N3O3/c21-16-6-3-9-20(16)14-5-2-1-4-12(14)18-17(22)13-10-15(23-19-13)11-7-8-11/h1-2,4-5,10-11H,3,6-9H2,(H,18,22). The largest absolute Gasteiger partial charge is 0.360 e. The number of benzene rings is 1. The van der Waals surface area contributed by atoms with E-state index in [-0.39, 0.29) is 17.5 Å². The number of hydrogen-bond acceptors (Lipinski definition) is 4. The van der Waals surface area contributed by atoms with E-state index < -0.39 is 0 Å². The summed E-state index contributed by atoms with van der Waals surface area (Å²) in [4.78, 5) is 26.1. The first kappa shape index (κ1) is 14.0. The van der Waals surface area contributed by atoms with Crippen LogP contribution in [0.4, 0.5) is 11.4 Å². The number of aromatic nitrogens is 1. The molecule has 4 rings (SSSR count). The lowest BCUT2D eigenvalue weighted by Crippen LogP contribution is -2.25. The van der Waals surface area contributed by atoms with Gasteiger partial charge in [-0.15, -0.1) is 0 Å². The summed E-state index contributed by atoms with van der Waals surface area (Å²) in [5.41, 5.74) is 1.62. The van der Waals surface area contributed by atoms with Gasteiger partial charge in [0.2, 0.25) is 5.91 Å². The molecule has 23 heavy (non-hydrogen) atoms. The number of carbonyl (C=O) groups excluding carboxylic acids is 2. The Bertz CT molecular complexity index is 764. The molecule has 2 amide bonds. The fourth-order valence-electron chi connectivity index (χ4n) is 2.86. The van der Waals surface area contributed by atoms with E-state index in [0.717, 1.165) is 30.7 Å². The Morgan fingerprint density at radius 2 is 2.13 bits per heavy atom. The highest BCUT2D eigenvalue weighted by molar-refractivity contribution is 6.07. The van der Waals surface area contributed by atoms with Gasteiger partial charge in [-0.05, 0) is 31.4 Å². The van der Waals surface area contributed by atoms with E-state index in [1.54, 1.807) is 17.0 Å². The number of anilines is 2. The van der Waals surface area contributed by atoms with E-state index in [9.17, 15) is 9.59 Å². The second kappa shape index (κ2) is 5.53. The molecular weight excluding hydrogens is 294 g/mol. The molecule has 6 nitrogen and oxygen atoms in total. The van der Waals surface area contributed by atoms with Gasteiger partial charge in [0.1, 0.15) is 5.76 Å². The molecule has 0 spiro atoms. The lowest BCUT2D eigenvalue weighted by atomic mass is 10.2. The Morgan fingerprint density at radius 3 is 2.87 bits per heavy atom. The first-order chi connectivity index (χ1) is 11.2. The summed E-state index contributed by atoms with van der Waals surface area (Å²) in [5.74, 6) is 0.959. The quantitative estimate of drug-likeness (QED) is 0.942. The van der Waals surface area contributed by atoms with Crippen LogP contribution in [0.15, 0.2) is 34.9 Å². The molecule has 2 heterocycles. The molecule has 0 radical (unpaired) electrons. The number of nitrogens with zero attached hydrogens (tertiary/aromatic N) is 2. The van der Waals surface area contributed by atoms with Crippen molar-refractivity contribution < 1.29 is 14.1 Å². The molecule has 1 saturated heterocycles. The summed E-state index contributed by atoms with van der Waals surface area (Å²) in [5, 5.41) is 6.69. The Hall–Kier alpha value is -2.63. The molecule has 1 N–H and O–H groups in total. The van der Waals surface area contributed by atoms with Crippen molar-refractivity contribution in [1.29, 1.82) is 0 Å². The Morgan fingerprint density at radius 1 is 1.30 bits per heavy atom. The van der Waals surface area contributed by atoms with Crippen LogP contribution in [0.2, 0.25) is 0 Å². The predicted octanol–water partition coefficient (Wildman–Crippen LogP) is 2.93. The van der Waals surface area contributed by atoms with E-state index >= 15 is 0 Å². The van der Waals surface area contributed by atoms with Crippen molar-refractivity contribution in [2.45, 2.75) is 31.6 Å². The van der Waals surface area contributed by atoms with Crippen molar-refractivity contribution in [2.75, 3.05) is 16.8 Å². The summed E-state index contributed by atoms with van der Waals surface area (Å²) >= 11 is 0. The smallest absolute Gasteiger partial charge is 0.277 e. The minimum Gasteiger partial charge on any atom is -0.360 e. The number of nitrogens with one attached hydrogen (secondary N) is 1. The highest BCUT2D eigenvalue weighted by Crippen LogP contribution is 2.40. The SMILES string of the molecule is O=C(Nc1ccccc1N1CCCC1=O)c1cc(C2CC2)on1. The first-order valence-corrected chi connectivity index (χ1v) is 7.90. The molecule has 1 aromatic heterocycles. The minimum atomic E-state index is -0.320. The van der Waals surface area contributed by atoms with Gasteiger partial charge >= 0.3 is 0 Å². The summed E-state index contributed by atoms with van der Waals surface area (Å²) in [7, 11) is 0. The third-order valence-corrected chi connectivity index (χ3v) is 4.26. The summed E-state index contributed by atoms with van der Waals surface area (Å²) in [6.45, 7) is 0.682. The van der Waals surface area contributed by atoms with Crippen LogP contribution in [0.25, 0.3) is 0 Å². The van der Waals surface area contributed by atoms with Gasteiger partial charge in [-0.3, -0.25) is 9.59 Å². The van der Waals surface area contributed by atoms with Gasteiger partial charge in [0.05, 0.1) is 11.4 Å². The maximum atomic E-state index is 12.4. The van der Waals surface area contributed by atoms with Gasteiger partial charge in [-0.1, -0.05) is 17.3 Å². The third-order valence-electron chi connectivity index (χ3n) is 4.26. The summed E-state index contributed by atoms with van der Waals surface area (Å²) < 4.78 is 5.22. The Kier molecular flexibility index (Phi) is 3.37. The second-order valence-corrected chi connectivity index (χ2v) is 6.01. The van der Waals surface area contributed by atoms with Crippen LogP contribution in [0.5, 0.6) is 0 Å². The second-order valence-electron chi connectivity index (χ2n) is 6.01. The molecule has 6 heteroatoms. The van der Waals surface area contributed by atoms with Crippen molar-refractivity contribution in [3.05, 3.63) is 41.8 Å². The minimum absolute atomic E-state index is 0.0872. The Labute approximate surface area is 133 Å². The van der Waals surface area contributed by atoms with Crippen molar-refractivity contribution in [2.24, 2.45) is 0 Å². The van der Waals surface area contributed by atoms with Gasteiger partial charge in [0, 0.05) is 24.9 Å². The molecule has 1 saturated carbocycles. The predicted molar refractivity (Wildman–Crippen MR) is 84.5 cm³/mol. The number of rotatable bonds is 4. The summed E-state index contributed by atoms with van der Waals surface area (Å²) in [6, 6.07) is 9.03.